The number of hydrogen-bond acceptors (Lipinski definition) is 2. The van der Waals surface area contributed by atoms with Crippen LogP contribution in [0.25, 0.3) is 0 Å². The average molecular weight is 312 g/mol. The van der Waals surface area contributed by atoms with Crippen LogP contribution in [0.4, 0.5) is 10.1 Å². The molecule has 0 bridgehead atoms. The number of anilines is 1. The Labute approximate surface area is 136 Å². The van der Waals surface area contributed by atoms with Crippen LogP contribution in [0.1, 0.15) is 12.0 Å². The van der Waals surface area contributed by atoms with Crippen molar-refractivity contribution >= 4 is 11.6 Å². The molecule has 0 atom stereocenters. The molecule has 3 nitrogen and oxygen atoms in total. The largest absolute Gasteiger partial charge is 0.368 e. The van der Waals surface area contributed by atoms with E-state index in [2.05, 4.69) is 17.0 Å². The summed E-state index contributed by atoms with van der Waals surface area (Å²) in [7, 11) is 0. The van der Waals surface area contributed by atoms with Crippen molar-refractivity contribution in [1.82, 2.24) is 4.90 Å². The van der Waals surface area contributed by atoms with E-state index in [0.717, 1.165) is 25.2 Å². The van der Waals surface area contributed by atoms with Gasteiger partial charge in [-0.15, -0.1) is 0 Å². The van der Waals surface area contributed by atoms with Crippen LogP contribution in [-0.4, -0.2) is 37.0 Å². The van der Waals surface area contributed by atoms with Gasteiger partial charge in [0.2, 0.25) is 5.91 Å². The topological polar surface area (TPSA) is 23.6 Å². The molecule has 2 aromatic rings. The Morgan fingerprint density at radius 3 is 2.39 bits per heavy atom. The first-order valence-electron chi connectivity index (χ1n) is 8.04. The molecule has 0 aliphatic carbocycles. The lowest BCUT2D eigenvalue weighted by Crippen LogP contribution is -2.48. The highest BCUT2D eigenvalue weighted by Gasteiger charge is 2.21. The fourth-order valence-corrected chi connectivity index (χ4v) is 2.94. The summed E-state index contributed by atoms with van der Waals surface area (Å²) >= 11 is 0. The number of piperazine rings is 1. The van der Waals surface area contributed by atoms with Gasteiger partial charge in [-0.25, -0.2) is 4.39 Å². The summed E-state index contributed by atoms with van der Waals surface area (Å²) in [6.07, 6.45) is 1.33. The molecule has 0 spiro atoms. The summed E-state index contributed by atoms with van der Waals surface area (Å²) in [4.78, 5) is 16.4. The molecular formula is C19H21FN2O. The molecule has 1 aliphatic heterocycles. The standard InChI is InChI=1S/C19H21FN2O/c20-17-7-4-8-18(15-17)21-11-13-22(14-12-21)19(23)10-9-16-5-2-1-3-6-16/h1-8,15H,9-14H2. The van der Waals surface area contributed by atoms with E-state index in [1.54, 1.807) is 12.1 Å². The SMILES string of the molecule is O=C(CCc1ccccc1)N1CCN(c2cccc(F)c2)CC1. The van der Waals surface area contributed by atoms with Crippen LogP contribution in [0.5, 0.6) is 0 Å². The zero-order valence-electron chi connectivity index (χ0n) is 13.1. The van der Waals surface area contributed by atoms with E-state index in [0.29, 0.717) is 19.5 Å². The molecule has 1 aliphatic rings. The van der Waals surface area contributed by atoms with Crippen LogP contribution >= 0.6 is 0 Å². The fraction of sp³-hybridized carbons (Fsp3) is 0.316. The van der Waals surface area contributed by atoms with Crippen molar-refractivity contribution in [2.45, 2.75) is 12.8 Å². The molecule has 1 saturated heterocycles. The third-order valence-corrected chi connectivity index (χ3v) is 4.28. The molecule has 0 radical (unpaired) electrons. The van der Waals surface area contributed by atoms with Crippen molar-refractivity contribution in [2.24, 2.45) is 0 Å². The number of carbonyl (C=O) groups excluding carboxylic acids is 1. The normalized spacial score (nSPS) is 14.8. The Hall–Kier alpha value is -2.36. The number of aryl methyl sites for hydroxylation is 1. The van der Waals surface area contributed by atoms with Gasteiger partial charge in [-0.05, 0) is 30.2 Å². The first-order chi connectivity index (χ1) is 11.2. The second-order valence-corrected chi connectivity index (χ2v) is 5.83. The monoisotopic (exact) mass is 312 g/mol. The number of carbonyl (C=O) groups is 1. The molecule has 0 unspecified atom stereocenters. The summed E-state index contributed by atoms with van der Waals surface area (Å²) in [6, 6.07) is 16.7. The zero-order chi connectivity index (χ0) is 16.1. The highest BCUT2D eigenvalue weighted by molar-refractivity contribution is 5.76. The predicted octanol–water partition coefficient (Wildman–Crippen LogP) is 3.11. The Balaban J connectivity index is 1.49. The van der Waals surface area contributed by atoms with Gasteiger partial charge in [0.25, 0.3) is 0 Å². The highest BCUT2D eigenvalue weighted by Crippen LogP contribution is 2.18. The zero-order valence-corrected chi connectivity index (χ0v) is 13.1. The van der Waals surface area contributed by atoms with E-state index in [-0.39, 0.29) is 11.7 Å². The molecule has 0 aromatic heterocycles. The van der Waals surface area contributed by atoms with E-state index in [9.17, 15) is 9.18 Å². The van der Waals surface area contributed by atoms with Crippen LogP contribution < -0.4 is 4.90 Å². The molecule has 120 valence electrons. The lowest BCUT2D eigenvalue weighted by atomic mass is 10.1. The lowest BCUT2D eigenvalue weighted by molar-refractivity contribution is -0.131. The van der Waals surface area contributed by atoms with Crippen molar-refractivity contribution in [3.8, 4) is 0 Å². The number of nitrogens with zero attached hydrogens (tertiary/aromatic N) is 2. The second-order valence-electron chi connectivity index (χ2n) is 5.83. The quantitative estimate of drug-likeness (QED) is 0.866. The Morgan fingerprint density at radius 1 is 0.957 bits per heavy atom. The summed E-state index contributed by atoms with van der Waals surface area (Å²) in [5, 5.41) is 0. The van der Waals surface area contributed by atoms with E-state index < -0.39 is 0 Å². The summed E-state index contributed by atoms with van der Waals surface area (Å²) < 4.78 is 13.3. The van der Waals surface area contributed by atoms with Crippen molar-refractivity contribution < 1.29 is 9.18 Å². The van der Waals surface area contributed by atoms with Crippen LogP contribution in [0.3, 0.4) is 0 Å². The second kappa shape index (κ2) is 7.27. The third kappa shape index (κ3) is 4.09. The minimum Gasteiger partial charge on any atom is -0.368 e. The molecule has 3 rings (SSSR count). The van der Waals surface area contributed by atoms with Gasteiger partial charge in [-0.3, -0.25) is 4.79 Å². The number of amides is 1. The highest BCUT2D eigenvalue weighted by atomic mass is 19.1. The molecule has 1 fully saturated rings. The van der Waals surface area contributed by atoms with E-state index in [4.69, 9.17) is 0 Å². The van der Waals surface area contributed by atoms with Crippen molar-refractivity contribution in [2.75, 3.05) is 31.1 Å². The summed E-state index contributed by atoms with van der Waals surface area (Å²) in [6.45, 7) is 2.90. The fourth-order valence-electron chi connectivity index (χ4n) is 2.94. The molecule has 2 aromatic carbocycles. The molecule has 1 amide bonds. The maximum Gasteiger partial charge on any atom is 0.223 e. The smallest absolute Gasteiger partial charge is 0.223 e. The molecular weight excluding hydrogens is 291 g/mol. The van der Waals surface area contributed by atoms with Crippen molar-refractivity contribution in [1.29, 1.82) is 0 Å². The van der Waals surface area contributed by atoms with Crippen LogP contribution in [0.15, 0.2) is 54.6 Å². The van der Waals surface area contributed by atoms with Crippen molar-refractivity contribution in [3.05, 3.63) is 66.0 Å². The van der Waals surface area contributed by atoms with E-state index in [1.807, 2.05) is 29.2 Å². The summed E-state index contributed by atoms with van der Waals surface area (Å²) in [5.41, 5.74) is 2.08. The van der Waals surface area contributed by atoms with Gasteiger partial charge in [0.05, 0.1) is 0 Å². The minimum absolute atomic E-state index is 0.202. The van der Waals surface area contributed by atoms with Gasteiger partial charge in [-0.2, -0.15) is 0 Å². The minimum atomic E-state index is -0.219. The van der Waals surface area contributed by atoms with Gasteiger partial charge >= 0.3 is 0 Å². The number of rotatable bonds is 4. The van der Waals surface area contributed by atoms with Crippen LogP contribution in [0.2, 0.25) is 0 Å². The Morgan fingerprint density at radius 2 is 1.70 bits per heavy atom. The number of benzene rings is 2. The van der Waals surface area contributed by atoms with E-state index in [1.165, 1.54) is 11.6 Å². The molecule has 0 saturated carbocycles. The molecule has 23 heavy (non-hydrogen) atoms. The van der Waals surface area contributed by atoms with E-state index >= 15 is 0 Å². The number of halogens is 1. The Bertz CT molecular complexity index is 651. The average Bonchev–Trinajstić information content (AvgIpc) is 2.61. The predicted molar refractivity (Wildman–Crippen MR) is 90.0 cm³/mol. The van der Waals surface area contributed by atoms with Gasteiger partial charge in [-0.1, -0.05) is 36.4 Å². The van der Waals surface area contributed by atoms with Gasteiger partial charge in [0, 0.05) is 38.3 Å². The molecule has 4 heteroatoms. The summed E-state index contributed by atoms with van der Waals surface area (Å²) in [5.74, 6) is -0.0170. The first-order valence-corrected chi connectivity index (χ1v) is 8.04. The van der Waals surface area contributed by atoms with Gasteiger partial charge in [0.1, 0.15) is 5.82 Å². The van der Waals surface area contributed by atoms with Crippen molar-refractivity contribution in [3.63, 3.8) is 0 Å². The molecule has 0 N–H and O–H groups in total. The first kappa shape index (κ1) is 15.5. The van der Waals surface area contributed by atoms with Crippen LogP contribution in [-0.2, 0) is 11.2 Å². The van der Waals surface area contributed by atoms with Gasteiger partial charge in [0.15, 0.2) is 0 Å². The maximum atomic E-state index is 13.3. The third-order valence-electron chi connectivity index (χ3n) is 4.28. The lowest BCUT2D eigenvalue weighted by Gasteiger charge is -2.36. The maximum absolute atomic E-state index is 13.3. The Kier molecular flexibility index (Phi) is 4.91. The van der Waals surface area contributed by atoms with Crippen LogP contribution in [0, 0.1) is 5.82 Å². The molecule has 1 heterocycles. The number of hydrogen-bond donors (Lipinski definition) is 0. The van der Waals surface area contributed by atoms with Gasteiger partial charge < -0.3 is 9.80 Å².